The van der Waals surface area contributed by atoms with E-state index < -0.39 is 0 Å². The molecule has 0 saturated carbocycles. The summed E-state index contributed by atoms with van der Waals surface area (Å²) in [6, 6.07) is 28.0. The van der Waals surface area contributed by atoms with Gasteiger partial charge in [0, 0.05) is 17.0 Å². The molecule has 1 heterocycles. The molecule has 0 amide bonds. The van der Waals surface area contributed by atoms with Crippen molar-refractivity contribution in [2.75, 3.05) is 0 Å². The molecule has 33 heavy (non-hydrogen) atoms. The van der Waals surface area contributed by atoms with Crippen molar-refractivity contribution in [3.8, 4) is 17.1 Å². The molecule has 0 spiro atoms. The van der Waals surface area contributed by atoms with Gasteiger partial charge in [0.2, 0.25) is 0 Å². The summed E-state index contributed by atoms with van der Waals surface area (Å²) in [5.41, 5.74) is 6.37. The minimum absolute atomic E-state index is 0.120. The molecule has 0 atom stereocenters. The zero-order chi connectivity index (χ0) is 23.6. The van der Waals surface area contributed by atoms with Gasteiger partial charge < -0.3 is 0 Å². The number of hydrogen-bond donors (Lipinski definition) is 0. The lowest BCUT2D eigenvalue weighted by molar-refractivity contribution is 0.590. The Balaban J connectivity index is 1.64. The molecule has 4 rings (SSSR count). The summed E-state index contributed by atoms with van der Waals surface area (Å²) in [5, 5.41) is 10.1. The van der Waals surface area contributed by atoms with E-state index in [1.165, 1.54) is 16.7 Å². The summed E-state index contributed by atoms with van der Waals surface area (Å²) in [7, 11) is 0. The highest BCUT2D eigenvalue weighted by atomic mass is 32.2. The predicted octanol–water partition coefficient (Wildman–Crippen LogP) is 7.82. The first-order valence-electron chi connectivity index (χ1n) is 11.5. The minimum Gasteiger partial charge on any atom is -0.270 e. The van der Waals surface area contributed by atoms with E-state index in [1.54, 1.807) is 11.8 Å². The van der Waals surface area contributed by atoms with E-state index in [1.807, 2.05) is 6.07 Å². The molecule has 1 aromatic heterocycles. The van der Waals surface area contributed by atoms with Gasteiger partial charge in [-0.15, -0.1) is 10.2 Å². The average Bonchev–Trinajstić information content (AvgIpc) is 3.21. The van der Waals surface area contributed by atoms with Crippen LogP contribution in [0, 0.1) is 0 Å². The SMILES string of the molecule is CC(C)(C)c1ccc(CSc2nnc(-c3ccc(C(C)(C)C)cc3)n2-c2ccccc2)cc1. The van der Waals surface area contributed by atoms with Gasteiger partial charge >= 0.3 is 0 Å². The second-order valence-electron chi connectivity index (χ2n) is 10.5. The van der Waals surface area contributed by atoms with Crippen LogP contribution in [0.5, 0.6) is 0 Å². The van der Waals surface area contributed by atoms with Gasteiger partial charge in [-0.05, 0) is 39.7 Å². The van der Waals surface area contributed by atoms with E-state index >= 15 is 0 Å². The van der Waals surface area contributed by atoms with E-state index in [0.717, 1.165) is 28.0 Å². The van der Waals surface area contributed by atoms with Crippen LogP contribution in [-0.4, -0.2) is 14.8 Å². The molecular weight excluding hydrogens is 422 g/mol. The molecule has 170 valence electrons. The Morgan fingerprint density at radius 1 is 0.667 bits per heavy atom. The summed E-state index contributed by atoms with van der Waals surface area (Å²) in [4.78, 5) is 0. The molecule has 0 saturated heterocycles. The lowest BCUT2D eigenvalue weighted by atomic mass is 9.87. The summed E-state index contributed by atoms with van der Waals surface area (Å²) in [5.74, 6) is 1.71. The van der Waals surface area contributed by atoms with Crippen LogP contribution in [0.4, 0.5) is 0 Å². The molecule has 3 nitrogen and oxygen atoms in total. The number of nitrogens with zero attached hydrogens (tertiary/aromatic N) is 3. The Labute approximate surface area is 202 Å². The largest absolute Gasteiger partial charge is 0.270 e. The van der Waals surface area contributed by atoms with E-state index in [0.29, 0.717) is 0 Å². The molecule has 0 aliphatic heterocycles. The molecule has 4 aromatic rings. The molecule has 0 fully saturated rings. The predicted molar refractivity (Wildman–Crippen MR) is 140 cm³/mol. The van der Waals surface area contributed by atoms with Gasteiger partial charge in [0.1, 0.15) is 0 Å². The van der Waals surface area contributed by atoms with Crippen LogP contribution >= 0.6 is 11.8 Å². The third-order valence-corrected chi connectivity index (χ3v) is 6.84. The number of rotatable bonds is 5. The lowest BCUT2D eigenvalue weighted by Gasteiger charge is -2.19. The first-order chi connectivity index (χ1) is 15.6. The molecule has 0 unspecified atom stereocenters. The standard InChI is InChI=1S/C29H33N3S/c1-28(2,3)23-16-12-21(13-17-23)20-33-27-31-30-26(32(27)25-10-8-7-9-11-25)22-14-18-24(19-15-22)29(4,5)6/h7-19H,20H2,1-6H3. The van der Waals surface area contributed by atoms with E-state index in [-0.39, 0.29) is 10.8 Å². The van der Waals surface area contributed by atoms with Crippen molar-refractivity contribution in [3.63, 3.8) is 0 Å². The van der Waals surface area contributed by atoms with Crippen molar-refractivity contribution in [3.05, 3.63) is 95.6 Å². The highest BCUT2D eigenvalue weighted by Gasteiger charge is 2.18. The van der Waals surface area contributed by atoms with Crippen LogP contribution in [0.25, 0.3) is 17.1 Å². The maximum Gasteiger partial charge on any atom is 0.196 e. The third kappa shape index (κ3) is 5.39. The zero-order valence-electron chi connectivity index (χ0n) is 20.5. The molecule has 3 aromatic carbocycles. The second-order valence-corrected chi connectivity index (χ2v) is 11.5. The molecule has 0 N–H and O–H groups in total. The van der Waals surface area contributed by atoms with Crippen LogP contribution in [0.1, 0.15) is 58.2 Å². The first-order valence-corrected chi connectivity index (χ1v) is 12.5. The summed E-state index contributed by atoms with van der Waals surface area (Å²) >= 11 is 1.72. The second kappa shape index (κ2) is 9.18. The van der Waals surface area contributed by atoms with E-state index in [9.17, 15) is 0 Å². The van der Waals surface area contributed by atoms with Gasteiger partial charge in [-0.2, -0.15) is 0 Å². The fourth-order valence-electron chi connectivity index (χ4n) is 3.73. The zero-order valence-corrected chi connectivity index (χ0v) is 21.3. The maximum absolute atomic E-state index is 4.61. The highest BCUT2D eigenvalue weighted by Crippen LogP contribution is 2.32. The number of para-hydroxylation sites is 1. The Morgan fingerprint density at radius 3 is 1.76 bits per heavy atom. The van der Waals surface area contributed by atoms with Gasteiger partial charge in [-0.1, -0.05) is 120 Å². The van der Waals surface area contributed by atoms with Crippen molar-refractivity contribution in [2.45, 2.75) is 63.3 Å². The van der Waals surface area contributed by atoms with Gasteiger partial charge in [0.25, 0.3) is 0 Å². The summed E-state index contributed by atoms with van der Waals surface area (Å²) in [6.45, 7) is 13.4. The van der Waals surface area contributed by atoms with E-state index in [2.05, 4.69) is 129 Å². The van der Waals surface area contributed by atoms with Gasteiger partial charge in [-0.25, -0.2) is 0 Å². The minimum atomic E-state index is 0.120. The summed E-state index contributed by atoms with van der Waals surface area (Å²) < 4.78 is 2.17. The van der Waals surface area contributed by atoms with Crippen LogP contribution in [-0.2, 0) is 16.6 Å². The van der Waals surface area contributed by atoms with Crippen LogP contribution in [0.2, 0.25) is 0 Å². The number of hydrogen-bond acceptors (Lipinski definition) is 3. The number of thioether (sulfide) groups is 1. The number of benzene rings is 3. The van der Waals surface area contributed by atoms with Gasteiger partial charge in [0.05, 0.1) is 0 Å². The van der Waals surface area contributed by atoms with Crippen molar-refractivity contribution in [2.24, 2.45) is 0 Å². The van der Waals surface area contributed by atoms with Gasteiger partial charge in [-0.3, -0.25) is 4.57 Å². The lowest BCUT2D eigenvalue weighted by Crippen LogP contribution is -2.10. The van der Waals surface area contributed by atoms with Gasteiger partial charge in [0.15, 0.2) is 11.0 Å². The van der Waals surface area contributed by atoms with Crippen LogP contribution in [0.3, 0.4) is 0 Å². The van der Waals surface area contributed by atoms with Crippen molar-refractivity contribution < 1.29 is 0 Å². The third-order valence-electron chi connectivity index (χ3n) is 5.84. The quantitative estimate of drug-likeness (QED) is 0.287. The Hall–Kier alpha value is -2.85. The normalized spacial score (nSPS) is 12.2. The smallest absolute Gasteiger partial charge is 0.196 e. The van der Waals surface area contributed by atoms with E-state index in [4.69, 9.17) is 0 Å². The van der Waals surface area contributed by atoms with Crippen LogP contribution < -0.4 is 0 Å². The Kier molecular flexibility index (Phi) is 6.49. The molecule has 0 bridgehead atoms. The monoisotopic (exact) mass is 455 g/mol. The molecule has 0 aliphatic rings. The fraction of sp³-hybridized carbons (Fsp3) is 0.310. The van der Waals surface area contributed by atoms with Crippen molar-refractivity contribution in [1.82, 2.24) is 14.8 Å². The topological polar surface area (TPSA) is 30.7 Å². The number of aromatic nitrogens is 3. The fourth-order valence-corrected chi connectivity index (χ4v) is 4.64. The summed E-state index contributed by atoms with van der Waals surface area (Å²) in [6.07, 6.45) is 0. The Morgan fingerprint density at radius 2 is 1.21 bits per heavy atom. The highest BCUT2D eigenvalue weighted by molar-refractivity contribution is 7.98. The first kappa shape index (κ1) is 23.3. The Bertz CT molecular complexity index is 1190. The molecular formula is C29H33N3S. The maximum atomic E-state index is 4.61. The molecule has 4 heteroatoms. The van der Waals surface area contributed by atoms with Crippen molar-refractivity contribution in [1.29, 1.82) is 0 Å². The van der Waals surface area contributed by atoms with Crippen molar-refractivity contribution >= 4 is 11.8 Å². The van der Waals surface area contributed by atoms with Crippen LogP contribution in [0.15, 0.2) is 84.0 Å². The molecule has 0 aliphatic carbocycles. The average molecular weight is 456 g/mol. The molecule has 0 radical (unpaired) electrons.